The van der Waals surface area contributed by atoms with Gasteiger partial charge in [0.25, 0.3) is 11.8 Å². The summed E-state index contributed by atoms with van der Waals surface area (Å²) in [4.78, 5) is 51.5. The summed E-state index contributed by atoms with van der Waals surface area (Å²) in [6, 6.07) is 9.61. The Balaban J connectivity index is 1.11. The zero-order valence-electron chi connectivity index (χ0n) is 53.3. The molecule has 0 fully saturated rings. The van der Waals surface area contributed by atoms with Gasteiger partial charge >= 0.3 is 12.1 Å². The third-order valence-corrected chi connectivity index (χ3v) is 12.6. The minimum Gasteiger partial charge on any atom is -0.490 e. The maximum absolute atomic E-state index is 13.3. The number of carboxylic acid groups (broad SMARTS) is 1. The summed E-state index contributed by atoms with van der Waals surface area (Å²) in [6.07, 6.45) is 13.0. The highest BCUT2D eigenvalue weighted by Crippen LogP contribution is 2.42. The Morgan fingerprint density at radius 2 is 0.773 bits per heavy atom. The van der Waals surface area contributed by atoms with Crippen molar-refractivity contribution >= 4 is 23.9 Å². The second kappa shape index (κ2) is 38.9. The van der Waals surface area contributed by atoms with Gasteiger partial charge in [0.2, 0.25) is 17.2 Å². The number of nitrogens with zero attached hydrogens (tertiary/aromatic N) is 6. The maximum atomic E-state index is 13.3. The van der Waals surface area contributed by atoms with Crippen LogP contribution in [0.25, 0.3) is 0 Å². The van der Waals surface area contributed by atoms with Gasteiger partial charge in [-0.05, 0) is 147 Å². The van der Waals surface area contributed by atoms with Crippen molar-refractivity contribution in [3.05, 3.63) is 76.9 Å². The first-order chi connectivity index (χ1) is 42.6. The van der Waals surface area contributed by atoms with Gasteiger partial charge in [-0.25, -0.2) is 9.59 Å². The van der Waals surface area contributed by atoms with Gasteiger partial charge < -0.3 is 68.4 Å². The molecule has 88 heavy (non-hydrogen) atoms. The van der Waals surface area contributed by atoms with E-state index in [0.29, 0.717) is 163 Å². The lowest BCUT2D eigenvalue weighted by Crippen LogP contribution is -2.34. The second-order valence-corrected chi connectivity index (χ2v) is 21.9. The SMILES string of the molecule is CCCOc1cc(C(=O)NCCCn2cc(CCCCOc3cc(C(=O)O)cc(OCCCCc4cn(CCCNC(=O)c5cc(OCCC)c(OCCC)c(OCCC)c5)nn4)c3OCCNC(=O)OC(C)(C)C)nn2)cc(OCCC)c1OCCC. The van der Waals surface area contributed by atoms with Crippen LogP contribution in [0.2, 0.25) is 0 Å². The molecule has 24 nitrogen and oxygen atoms in total. The molecule has 5 aromatic rings. The van der Waals surface area contributed by atoms with Gasteiger partial charge in [0.05, 0.1) is 76.4 Å². The average molecular weight is 1230 g/mol. The molecule has 24 heteroatoms. The standard InChI is InChI=1S/C64H95N9O15/c1-10-29-79-51-38-46(39-52(80-30-11-2)57(51)85-33-14-5)60(74)65-24-20-27-72-44-49(68-70-72)22-16-18-35-83-55-42-48(62(76)77)43-56(59(55)87-37-26-67-63(78)88-64(7,8)9)84-36-19-17-23-50-45-73(71-69-50)28-21-25-66-61(75)47-40-53(81-31-12-3)58(86-34-15-6)54(41-47)82-32-13-4/h38-45H,10-37H2,1-9H3,(H,65,74)(H,66,75)(H,67,78)(H,76,77). The number of aryl methyl sites for hydroxylation is 4. The molecule has 0 aliphatic rings. The Kier molecular flexibility index (Phi) is 31.2. The van der Waals surface area contributed by atoms with Gasteiger partial charge in [0, 0.05) is 49.7 Å². The zero-order valence-corrected chi connectivity index (χ0v) is 53.3. The van der Waals surface area contributed by atoms with Gasteiger partial charge in [-0.2, -0.15) is 0 Å². The topological polar surface area (TPSA) is 278 Å². The summed E-state index contributed by atoms with van der Waals surface area (Å²) in [5.41, 5.74) is 1.67. The van der Waals surface area contributed by atoms with Crippen LogP contribution >= 0.6 is 0 Å². The van der Waals surface area contributed by atoms with Crippen molar-refractivity contribution in [1.82, 2.24) is 45.9 Å². The lowest BCUT2D eigenvalue weighted by molar-refractivity contribution is 0.0518. The van der Waals surface area contributed by atoms with Gasteiger partial charge in [0.15, 0.2) is 34.5 Å². The van der Waals surface area contributed by atoms with E-state index in [1.807, 2.05) is 53.9 Å². The number of unbranched alkanes of at least 4 members (excludes halogenated alkanes) is 2. The van der Waals surface area contributed by atoms with Crippen LogP contribution in [0.15, 0.2) is 48.8 Å². The number of hydrogen-bond donors (Lipinski definition) is 4. The van der Waals surface area contributed by atoms with Crippen molar-refractivity contribution in [2.24, 2.45) is 0 Å². The summed E-state index contributed by atoms with van der Waals surface area (Å²) in [5, 5.41) is 36.1. The van der Waals surface area contributed by atoms with Crippen LogP contribution in [0.1, 0.15) is 182 Å². The molecule has 3 aromatic carbocycles. The van der Waals surface area contributed by atoms with E-state index >= 15 is 0 Å². The number of rotatable bonds is 45. The van der Waals surface area contributed by atoms with Crippen molar-refractivity contribution in [2.45, 2.75) is 171 Å². The first-order valence-electron chi connectivity index (χ1n) is 31.3. The highest BCUT2D eigenvalue weighted by molar-refractivity contribution is 5.96. The van der Waals surface area contributed by atoms with Crippen LogP contribution in [0.3, 0.4) is 0 Å². The van der Waals surface area contributed by atoms with E-state index in [0.717, 1.165) is 49.9 Å². The molecular formula is C64H95N9O15. The number of alkyl carbamates (subject to hydrolysis) is 1. The number of ether oxygens (including phenoxy) is 10. The van der Waals surface area contributed by atoms with Crippen molar-refractivity contribution in [2.75, 3.05) is 79.1 Å². The van der Waals surface area contributed by atoms with Gasteiger partial charge in [-0.15, -0.1) is 10.2 Å². The smallest absolute Gasteiger partial charge is 0.407 e. The van der Waals surface area contributed by atoms with Crippen LogP contribution in [-0.2, 0) is 30.7 Å². The summed E-state index contributed by atoms with van der Waals surface area (Å²) in [5.74, 6) is 1.82. The minimum atomic E-state index is -1.18. The normalized spacial score (nSPS) is 11.1. The van der Waals surface area contributed by atoms with E-state index in [-0.39, 0.29) is 61.0 Å². The molecule has 0 atom stereocenters. The fourth-order valence-electron chi connectivity index (χ4n) is 8.46. The monoisotopic (exact) mass is 1230 g/mol. The van der Waals surface area contributed by atoms with E-state index in [1.165, 1.54) is 12.1 Å². The third kappa shape index (κ3) is 24.9. The van der Waals surface area contributed by atoms with Crippen molar-refractivity contribution in [3.8, 4) is 51.7 Å². The summed E-state index contributed by atoms with van der Waals surface area (Å²) in [6.45, 7) is 22.7. The van der Waals surface area contributed by atoms with Crippen molar-refractivity contribution in [3.63, 3.8) is 0 Å². The van der Waals surface area contributed by atoms with E-state index in [2.05, 4.69) is 36.6 Å². The van der Waals surface area contributed by atoms with E-state index in [9.17, 15) is 24.3 Å². The number of amides is 3. The van der Waals surface area contributed by atoms with Crippen LogP contribution < -0.4 is 58.6 Å². The maximum Gasteiger partial charge on any atom is 0.407 e. The molecule has 0 spiro atoms. The molecule has 3 amide bonds. The molecule has 0 saturated carbocycles. The highest BCUT2D eigenvalue weighted by atomic mass is 16.6. The lowest BCUT2D eigenvalue weighted by atomic mass is 10.1. The predicted molar refractivity (Wildman–Crippen MR) is 332 cm³/mol. The average Bonchev–Trinajstić information content (AvgIpc) is 4.09. The van der Waals surface area contributed by atoms with E-state index < -0.39 is 17.7 Å². The summed E-state index contributed by atoms with van der Waals surface area (Å²) in [7, 11) is 0. The number of carbonyl (C=O) groups is 4. The Hall–Kier alpha value is -8.18. The highest BCUT2D eigenvalue weighted by Gasteiger charge is 2.23. The molecule has 2 aromatic heterocycles. The number of carbonyl (C=O) groups excluding carboxylic acids is 3. The molecule has 4 N–H and O–H groups in total. The number of aromatic carboxylic acids is 1. The van der Waals surface area contributed by atoms with Crippen molar-refractivity contribution in [1.29, 1.82) is 0 Å². The molecular weight excluding hydrogens is 1130 g/mol. The number of hydrogen-bond acceptors (Lipinski definition) is 18. The molecule has 0 bridgehead atoms. The van der Waals surface area contributed by atoms with Crippen LogP contribution in [0, 0.1) is 0 Å². The van der Waals surface area contributed by atoms with Crippen LogP contribution in [0.5, 0.6) is 51.7 Å². The number of aromatic nitrogens is 6. The molecule has 5 rings (SSSR count). The molecule has 0 unspecified atom stereocenters. The molecule has 0 radical (unpaired) electrons. The molecule has 0 aliphatic heterocycles. The first kappa shape index (κ1) is 70.6. The Morgan fingerprint density at radius 3 is 1.12 bits per heavy atom. The number of carboxylic acids is 1. The summed E-state index contributed by atoms with van der Waals surface area (Å²) < 4.78 is 63.4. The Labute approximate surface area is 518 Å². The third-order valence-electron chi connectivity index (χ3n) is 12.6. The molecule has 486 valence electrons. The number of benzene rings is 3. The van der Waals surface area contributed by atoms with Gasteiger partial charge in [-0.3, -0.25) is 19.0 Å². The van der Waals surface area contributed by atoms with E-state index in [4.69, 9.17) is 47.4 Å². The Morgan fingerprint density at radius 1 is 0.432 bits per heavy atom. The van der Waals surface area contributed by atoms with Gasteiger partial charge in [0.1, 0.15) is 12.2 Å². The summed E-state index contributed by atoms with van der Waals surface area (Å²) >= 11 is 0. The zero-order chi connectivity index (χ0) is 63.5. The van der Waals surface area contributed by atoms with Crippen LogP contribution in [-0.4, -0.2) is 144 Å². The van der Waals surface area contributed by atoms with Gasteiger partial charge in [-0.1, -0.05) is 52.0 Å². The number of nitrogens with one attached hydrogen (secondary N) is 3. The molecule has 0 aliphatic carbocycles. The predicted octanol–water partition coefficient (Wildman–Crippen LogP) is 10.6. The quantitative estimate of drug-likeness (QED) is 0.0264. The first-order valence-corrected chi connectivity index (χ1v) is 31.3. The minimum absolute atomic E-state index is 0.00362. The second-order valence-electron chi connectivity index (χ2n) is 21.9. The lowest BCUT2D eigenvalue weighted by Gasteiger charge is -2.20. The Bertz CT molecular complexity index is 2680. The van der Waals surface area contributed by atoms with E-state index in [1.54, 1.807) is 54.4 Å². The largest absolute Gasteiger partial charge is 0.490 e. The fraction of sp³-hybridized carbons (Fsp3) is 0.594. The molecule has 0 saturated heterocycles. The fourth-order valence-corrected chi connectivity index (χ4v) is 8.46. The molecule has 2 heterocycles. The van der Waals surface area contributed by atoms with Crippen LogP contribution in [0.4, 0.5) is 4.79 Å². The van der Waals surface area contributed by atoms with Crippen molar-refractivity contribution < 1.29 is 71.7 Å².